The number of hydrogen-bond acceptors (Lipinski definition) is 3. The molecule has 16 heavy (non-hydrogen) atoms. The lowest BCUT2D eigenvalue weighted by Gasteiger charge is -2.22. The van der Waals surface area contributed by atoms with Gasteiger partial charge >= 0.3 is 6.09 Å². The number of amides is 1. The number of hydrogen-bond donors (Lipinski definition) is 1. The zero-order chi connectivity index (χ0) is 12.8. The molecule has 0 aromatic carbocycles. The van der Waals surface area contributed by atoms with Crippen LogP contribution in [0.1, 0.15) is 40.5 Å². The number of alkyl halides is 1. The maximum Gasteiger partial charge on any atom is 0.407 e. The smallest absolute Gasteiger partial charge is 0.407 e. The number of nitrogens with one attached hydrogen (secondary N) is 1. The van der Waals surface area contributed by atoms with Gasteiger partial charge in [-0.05, 0) is 27.2 Å². The molecule has 4 nitrogen and oxygen atoms in total. The zero-order valence-corrected chi connectivity index (χ0v) is 11.9. The largest absolute Gasteiger partial charge is 0.444 e. The fraction of sp³-hybridized carbons (Fsp3) is 0.818. The Morgan fingerprint density at radius 1 is 1.38 bits per heavy atom. The first kappa shape index (κ1) is 15.4. The number of carbonyl (C=O) groups is 2. The fourth-order valence-electron chi connectivity index (χ4n) is 1.10. The van der Waals surface area contributed by atoms with Crippen LogP contribution >= 0.6 is 15.9 Å². The summed E-state index contributed by atoms with van der Waals surface area (Å²) >= 11 is 3.09. The molecule has 0 aromatic rings. The number of ketones is 1. The molecule has 5 heteroatoms. The maximum atomic E-state index is 11.4. The highest BCUT2D eigenvalue weighted by Gasteiger charge is 2.19. The van der Waals surface area contributed by atoms with Crippen molar-refractivity contribution in [1.82, 2.24) is 5.32 Å². The number of halogens is 1. The summed E-state index contributed by atoms with van der Waals surface area (Å²) in [6, 6.07) is -0.153. The van der Waals surface area contributed by atoms with Gasteiger partial charge in [0.1, 0.15) is 11.4 Å². The molecule has 0 fully saturated rings. The summed E-state index contributed by atoms with van der Waals surface area (Å²) in [6.45, 7) is 7.33. The molecule has 0 saturated heterocycles. The van der Waals surface area contributed by atoms with Crippen molar-refractivity contribution in [3.05, 3.63) is 0 Å². The van der Waals surface area contributed by atoms with Crippen LogP contribution in [0.25, 0.3) is 0 Å². The molecular weight excluding hydrogens is 274 g/mol. The van der Waals surface area contributed by atoms with Crippen molar-refractivity contribution in [2.75, 3.05) is 5.33 Å². The summed E-state index contributed by atoms with van der Waals surface area (Å²) in [7, 11) is 0. The monoisotopic (exact) mass is 293 g/mol. The first-order valence-corrected chi connectivity index (χ1v) is 6.47. The minimum absolute atomic E-state index is 0.0721. The summed E-state index contributed by atoms with van der Waals surface area (Å²) in [5, 5.41) is 3.00. The lowest BCUT2D eigenvalue weighted by atomic mass is 10.1. The maximum absolute atomic E-state index is 11.4. The summed E-state index contributed by atoms with van der Waals surface area (Å²) in [5.74, 6) is 0.0721. The Morgan fingerprint density at radius 2 is 1.94 bits per heavy atom. The highest BCUT2D eigenvalue weighted by Crippen LogP contribution is 2.08. The van der Waals surface area contributed by atoms with Crippen LogP contribution in [0.3, 0.4) is 0 Å². The van der Waals surface area contributed by atoms with E-state index in [0.717, 1.165) is 0 Å². The quantitative estimate of drug-likeness (QED) is 0.793. The zero-order valence-electron chi connectivity index (χ0n) is 10.3. The van der Waals surface area contributed by atoms with Crippen molar-refractivity contribution in [3.8, 4) is 0 Å². The lowest BCUT2D eigenvalue weighted by Crippen LogP contribution is -2.40. The molecule has 1 N–H and O–H groups in total. The van der Waals surface area contributed by atoms with Gasteiger partial charge in [0.15, 0.2) is 0 Å². The molecule has 1 amide bonds. The molecule has 0 unspecified atom stereocenters. The molecule has 0 aliphatic carbocycles. The third-order valence-corrected chi connectivity index (χ3v) is 2.46. The van der Waals surface area contributed by atoms with Gasteiger partial charge in [0.2, 0.25) is 0 Å². The van der Waals surface area contributed by atoms with Gasteiger partial charge in [0.05, 0.1) is 5.33 Å². The van der Waals surface area contributed by atoms with E-state index < -0.39 is 11.7 Å². The molecule has 94 valence electrons. The fourth-order valence-corrected chi connectivity index (χ4v) is 1.33. The van der Waals surface area contributed by atoms with E-state index >= 15 is 0 Å². The molecule has 0 aliphatic heterocycles. The van der Waals surface area contributed by atoms with Crippen LogP contribution in [0, 0.1) is 0 Å². The molecule has 0 aliphatic rings. The van der Waals surface area contributed by atoms with E-state index in [1.807, 2.05) is 6.92 Å². The summed E-state index contributed by atoms with van der Waals surface area (Å²) in [4.78, 5) is 22.7. The third-order valence-electron chi connectivity index (χ3n) is 1.84. The van der Waals surface area contributed by atoms with Crippen LogP contribution in [0.15, 0.2) is 0 Å². The Balaban J connectivity index is 4.12. The van der Waals surface area contributed by atoms with Crippen LogP contribution < -0.4 is 5.32 Å². The van der Waals surface area contributed by atoms with E-state index in [4.69, 9.17) is 4.74 Å². The van der Waals surface area contributed by atoms with E-state index in [9.17, 15) is 9.59 Å². The Hall–Kier alpha value is -0.580. The van der Waals surface area contributed by atoms with Crippen LogP contribution in [0.5, 0.6) is 0 Å². The van der Waals surface area contributed by atoms with Gasteiger partial charge in [0.25, 0.3) is 0 Å². The molecular formula is C11H20BrNO3. The second-order valence-corrected chi connectivity index (χ2v) is 5.19. The first-order valence-electron chi connectivity index (χ1n) is 5.35. The molecule has 0 heterocycles. The van der Waals surface area contributed by atoms with Crippen LogP contribution in [-0.4, -0.2) is 28.8 Å². The molecule has 1 atom stereocenters. The van der Waals surface area contributed by atoms with E-state index in [0.29, 0.717) is 18.2 Å². The highest BCUT2D eigenvalue weighted by molar-refractivity contribution is 9.09. The van der Waals surface area contributed by atoms with Crippen molar-refractivity contribution < 1.29 is 14.3 Å². The lowest BCUT2D eigenvalue weighted by molar-refractivity contribution is -0.116. The van der Waals surface area contributed by atoms with Crippen LogP contribution in [0.4, 0.5) is 4.79 Å². The van der Waals surface area contributed by atoms with E-state index in [2.05, 4.69) is 21.2 Å². The van der Waals surface area contributed by atoms with Crippen molar-refractivity contribution in [2.45, 2.75) is 52.2 Å². The van der Waals surface area contributed by atoms with Crippen molar-refractivity contribution in [3.63, 3.8) is 0 Å². The van der Waals surface area contributed by atoms with Gasteiger partial charge in [-0.1, -0.05) is 22.9 Å². The molecule has 0 radical (unpaired) electrons. The van der Waals surface area contributed by atoms with E-state index in [-0.39, 0.29) is 11.8 Å². The number of alkyl carbamates (subject to hydrolysis) is 1. The number of rotatable bonds is 5. The molecule has 0 spiro atoms. The SMILES string of the molecule is CC[C@H](CC(=O)CBr)NC(=O)OC(C)(C)C. The summed E-state index contributed by atoms with van der Waals surface area (Å²) in [5.41, 5.74) is -0.512. The highest BCUT2D eigenvalue weighted by atomic mass is 79.9. The minimum Gasteiger partial charge on any atom is -0.444 e. The Morgan fingerprint density at radius 3 is 2.31 bits per heavy atom. The minimum atomic E-state index is -0.512. The van der Waals surface area contributed by atoms with Crippen LogP contribution in [0.2, 0.25) is 0 Å². The predicted molar refractivity (Wildman–Crippen MR) is 66.9 cm³/mol. The van der Waals surface area contributed by atoms with Gasteiger partial charge < -0.3 is 10.1 Å². The molecule has 0 rings (SSSR count). The van der Waals surface area contributed by atoms with Gasteiger partial charge in [-0.25, -0.2) is 4.79 Å². The van der Waals surface area contributed by atoms with Gasteiger partial charge in [-0.3, -0.25) is 4.79 Å². The van der Waals surface area contributed by atoms with Gasteiger partial charge in [-0.15, -0.1) is 0 Å². The number of carbonyl (C=O) groups excluding carboxylic acids is 2. The Labute approximate surface area is 105 Å². The predicted octanol–water partition coefficient (Wildman–Crippen LogP) is 2.64. The number of Topliss-reactive ketones (excluding diaryl/α,β-unsaturated/α-hetero) is 1. The summed E-state index contributed by atoms with van der Waals surface area (Å²) in [6.07, 6.45) is 0.570. The second-order valence-electron chi connectivity index (χ2n) is 4.63. The topological polar surface area (TPSA) is 55.4 Å². The summed E-state index contributed by atoms with van der Waals surface area (Å²) < 4.78 is 5.11. The third kappa shape index (κ3) is 7.68. The number of ether oxygens (including phenoxy) is 1. The average molecular weight is 294 g/mol. The Kier molecular flexibility index (Phi) is 6.64. The van der Waals surface area contributed by atoms with E-state index in [1.165, 1.54) is 0 Å². The van der Waals surface area contributed by atoms with E-state index in [1.54, 1.807) is 20.8 Å². The van der Waals surface area contributed by atoms with Crippen LogP contribution in [-0.2, 0) is 9.53 Å². The molecule has 0 aromatic heterocycles. The molecule has 0 saturated carbocycles. The van der Waals surface area contributed by atoms with Gasteiger partial charge in [-0.2, -0.15) is 0 Å². The second kappa shape index (κ2) is 6.89. The first-order chi connectivity index (χ1) is 7.28. The Bertz CT molecular complexity index is 248. The average Bonchev–Trinajstić information content (AvgIpc) is 2.13. The van der Waals surface area contributed by atoms with Crippen molar-refractivity contribution >= 4 is 27.8 Å². The van der Waals surface area contributed by atoms with Gasteiger partial charge in [0, 0.05) is 12.5 Å². The molecule has 0 bridgehead atoms. The normalized spacial score (nSPS) is 13.1. The standard InChI is InChI=1S/C11H20BrNO3/c1-5-8(6-9(14)7-12)13-10(15)16-11(2,3)4/h8H,5-7H2,1-4H3,(H,13,15)/t8-/m1/s1. The van der Waals surface area contributed by atoms with Crippen molar-refractivity contribution in [2.24, 2.45) is 0 Å². The van der Waals surface area contributed by atoms with Crippen molar-refractivity contribution in [1.29, 1.82) is 0 Å².